The van der Waals surface area contributed by atoms with Crippen LogP contribution in [0.4, 0.5) is 18.9 Å². The quantitative estimate of drug-likeness (QED) is 0.636. The van der Waals surface area contributed by atoms with Crippen LogP contribution in [-0.2, 0) is 12.6 Å². The molecule has 0 saturated heterocycles. The molecule has 0 atom stereocenters. The molecule has 0 spiro atoms. The molecule has 0 unspecified atom stereocenters. The average molecular weight is 402 g/mol. The number of amides is 1. The van der Waals surface area contributed by atoms with E-state index in [0.717, 1.165) is 24.2 Å². The number of nitrogens with one attached hydrogen (secondary N) is 1. The summed E-state index contributed by atoms with van der Waals surface area (Å²) in [7, 11) is 0. The van der Waals surface area contributed by atoms with Gasteiger partial charge in [-0.15, -0.1) is 0 Å². The van der Waals surface area contributed by atoms with Crippen LogP contribution in [0.1, 0.15) is 53.9 Å². The summed E-state index contributed by atoms with van der Waals surface area (Å²) in [6.07, 6.45) is -1.45. The van der Waals surface area contributed by atoms with Gasteiger partial charge in [0.05, 0.1) is 23.0 Å². The van der Waals surface area contributed by atoms with Gasteiger partial charge in [-0.2, -0.15) is 18.3 Å². The highest BCUT2D eigenvalue weighted by Gasteiger charge is 2.31. The minimum Gasteiger partial charge on any atom is -0.322 e. The molecule has 0 bridgehead atoms. The van der Waals surface area contributed by atoms with Crippen molar-refractivity contribution in [2.45, 2.75) is 39.3 Å². The van der Waals surface area contributed by atoms with Gasteiger partial charge in [0, 0.05) is 11.9 Å². The number of hydrogen-bond donors (Lipinski definition) is 1. The number of hydrogen-bond acceptors (Lipinski definition) is 3. The Labute approximate surface area is 166 Å². The van der Waals surface area contributed by atoms with Crippen molar-refractivity contribution in [1.29, 1.82) is 0 Å². The third kappa shape index (κ3) is 4.47. The fraction of sp³-hybridized carbons (Fsp3) is 0.286. The van der Waals surface area contributed by atoms with Crippen molar-refractivity contribution in [2.75, 3.05) is 5.32 Å². The molecule has 0 fully saturated rings. The molecular formula is C21H21F3N4O. The second-order valence-electron chi connectivity index (χ2n) is 6.92. The first kappa shape index (κ1) is 20.6. The van der Waals surface area contributed by atoms with Crippen LogP contribution in [0, 0.1) is 0 Å². The Morgan fingerprint density at radius 1 is 1.17 bits per heavy atom. The number of halogens is 3. The van der Waals surface area contributed by atoms with Crippen LogP contribution in [-0.4, -0.2) is 20.7 Å². The van der Waals surface area contributed by atoms with Crippen LogP contribution in [0.25, 0.3) is 5.82 Å². The third-order valence-electron chi connectivity index (χ3n) is 4.48. The fourth-order valence-corrected chi connectivity index (χ4v) is 3.02. The van der Waals surface area contributed by atoms with E-state index in [4.69, 9.17) is 0 Å². The lowest BCUT2D eigenvalue weighted by Gasteiger charge is -2.13. The van der Waals surface area contributed by atoms with Gasteiger partial charge in [0.1, 0.15) is 0 Å². The number of carbonyl (C=O) groups excluding carboxylic acids is 1. The molecule has 5 nitrogen and oxygen atoms in total. The topological polar surface area (TPSA) is 59.8 Å². The van der Waals surface area contributed by atoms with Crippen LogP contribution in [0.5, 0.6) is 0 Å². The molecule has 1 N–H and O–H groups in total. The van der Waals surface area contributed by atoms with Gasteiger partial charge in [0.15, 0.2) is 5.82 Å². The van der Waals surface area contributed by atoms with Crippen molar-refractivity contribution in [2.24, 2.45) is 0 Å². The van der Waals surface area contributed by atoms with E-state index in [0.29, 0.717) is 16.9 Å². The van der Waals surface area contributed by atoms with Crippen molar-refractivity contribution in [3.63, 3.8) is 0 Å². The molecule has 8 heteroatoms. The molecule has 0 aliphatic carbocycles. The smallest absolute Gasteiger partial charge is 0.322 e. The summed E-state index contributed by atoms with van der Waals surface area (Å²) in [5.74, 6) is -0.224. The summed E-state index contributed by atoms with van der Waals surface area (Å²) >= 11 is 0. The molecular weight excluding hydrogens is 381 g/mol. The lowest BCUT2D eigenvalue weighted by atomic mass is 10.0. The van der Waals surface area contributed by atoms with Crippen LogP contribution in [0.2, 0.25) is 0 Å². The fourth-order valence-electron chi connectivity index (χ4n) is 3.02. The Kier molecular flexibility index (Phi) is 5.72. The monoisotopic (exact) mass is 402 g/mol. The maximum absolute atomic E-state index is 12.8. The van der Waals surface area contributed by atoms with E-state index in [1.165, 1.54) is 16.9 Å². The Morgan fingerprint density at radius 3 is 2.52 bits per heavy atom. The van der Waals surface area contributed by atoms with E-state index in [1.807, 2.05) is 39.0 Å². The van der Waals surface area contributed by atoms with E-state index in [9.17, 15) is 18.0 Å². The molecule has 2 heterocycles. The van der Waals surface area contributed by atoms with Crippen molar-refractivity contribution in [3.8, 4) is 5.82 Å². The number of rotatable bonds is 5. The highest BCUT2D eigenvalue weighted by Crippen LogP contribution is 2.29. The third-order valence-corrected chi connectivity index (χ3v) is 4.48. The zero-order valence-corrected chi connectivity index (χ0v) is 16.3. The highest BCUT2D eigenvalue weighted by atomic mass is 19.4. The largest absolute Gasteiger partial charge is 0.417 e. The number of benzene rings is 1. The molecule has 2 aromatic heterocycles. The zero-order chi connectivity index (χ0) is 21.2. The molecule has 1 amide bonds. The molecule has 0 aliphatic rings. The highest BCUT2D eigenvalue weighted by molar-refractivity contribution is 6.05. The Morgan fingerprint density at radius 2 is 1.93 bits per heavy atom. The summed E-state index contributed by atoms with van der Waals surface area (Å²) in [5.41, 5.74) is 1.85. The van der Waals surface area contributed by atoms with Crippen molar-refractivity contribution in [3.05, 3.63) is 71.2 Å². The molecule has 0 aliphatic heterocycles. The van der Waals surface area contributed by atoms with Crippen LogP contribution in [0.15, 0.2) is 48.8 Å². The minimum atomic E-state index is -4.46. The predicted octanol–water partition coefficient (Wildman–Crippen LogP) is 5.22. The standard InChI is InChI=1S/C21H21F3N4O/c1-4-14-6-5-7-16(10-14)27-20(29)17-12-26-28(19(17)13(2)3)18-9-8-15(11-25-18)21(22,23)24/h5-13H,4H2,1-3H3,(H,27,29). The van der Waals surface area contributed by atoms with Crippen LogP contribution < -0.4 is 5.32 Å². The van der Waals surface area contributed by atoms with Gasteiger partial charge in [-0.3, -0.25) is 4.79 Å². The SMILES string of the molecule is CCc1cccc(NC(=O)c2cnn(-c3ccc(C(F)(F)F)cn3)c2C(C)C)c1. The normalized spacial score (nSPS) is 11.7. The van der Waals surface area contributed by atoms with Gasteiger partial charge in [0.2, 0.25) is 0 Å². The first-order chi connectivity index (χ1) is 13.7. The van der Waals surface area contributed by atoms with E-state index in [-0.39, 0.29) is 17.6 Å². The maximum atomic E-state index is 12.8. The maximum Gasteiger partial charge on any atom is 0.417 e. The van der Waals surface area contributed by atoms with Gasteiger partial charge in [-0.25, -0.2) is 9.67 Å². The molecule has 1 aromatic carbocycles. The number of anilines is 1. The average Bonchev–Trinajstić information content (AvgIpc) is 3.13. The van der Waals surface area contributed by atoms with E-state index in [1.54, 1.807) is 6.07 Å². The molecule has 152 valence electrons. The molecule has 0 radical (unpaired) electrons. The van der Waals surface area contributed by atoms with E-state index < -0.39 is 11.7 Å². The number of aromatic nitrogens is 3. The van der Waals surface area contributed by atoms with Gasteiger partial charge in [-0.1, -0.05) is 32.9 Å². The summed E-state index contributed by atoms with van der Waals surface area (Å²) in [4.78, 5) is 16.7. The number of pyridine rings is 1. The van der Waals surface area contributed by atoms with Crippen LogP contribution >= 0.6 is 0 Å². The molecule has 3 aromatic rings. The van der Waals surface area contributed by atoms with Gasteiger partial charge >= 0.3 is 6.18 Å². The van der Waals surface area contributed by atoms with Crippen molar-refractivity contribution >= 4 is 11.6 Å². The van der Waals surface area contributed by atoms with Crippen molar-refractivity contribution in [1.82, 2.24) is 14.8 Å². The first-order valence-electron chi connectivity index (χ1n) is 9.22. The lowest BCUT2D eigenvalue weighted by Crippen LogP contribution is -2.16. The summed E-state index contributed by atoms with van der Waals surface area (Å²) in [6.45, 7) is 5.79. The van der Waals surface area contributed by atoms with Gasteiger partial charge in [0.25, 0.3) is 5.91 Å². The van der Waals surface area contributed by atoms with Crippen LogP contribution in [0.3, 0.4) is 0 Å². The van der Waals surface area contributed by atoms with E-state index >= 15 is 0 Å². The first-order valence-corrected chi connectivity index (χ1v) is 9.22. The number of alkyl halides is 3. The number of nitrogens with zero attached hydrogens (tertiary/aromatic N) is 3. The van der Waals surface area contributed by atoms with Gasteiger partial charge in [-0.05, 0) is 42.2 Å². The molecule has 3 rings (SSSR count). The second kappa shape index (κ2) is 8.06. The molecule has 0 saturated carbocycles. The Hall–Kier alpha value is -3.16. The number of aryl methyl sites for hydroxylation is 1. The predicted molar refractivity (Wildman–Crippen MR) is 104 cm³/mol. The van der Waals surface area contributed by atoms with E-state index in [2.05, 4.69) is 15.4 Å². The second-order valence-corrected chi connectivity index (χ2v) is 6.92. The number of carbonyl (C=O) groups is 1. The lowest BCUT2D eigenvalue weighted by molar-refractivity contribution is -0.137. The Balaban J connectivity index is 1.93. The molecule has 29 heavy (non-hydrogen) atoms. The Bertz CT molecular complexity index is 1010. The summed E-state index contributed by atoms with van der Waals surface area (Å²) < 4.78 is 39.8. The zero-order valence-electron chi connectivity index (χ0n) is 16.3. The van der Waals surface area contributed by atoms with Crippen molar-refractivity contribution < 1.29 is 18.0 Å². The summed E-state index contributed by atoms with van der Waals surface area (Å²) in [5, 5.41) is 7.07. The minimum absolute atomic E-state index is 0.107. The summed E-state index contributed by atoms with van der Waals surface area (Å²) in [6, 6.07) is 9.73. The van der Waals surface area contributed by atoms with Gasteiger partial charge < -0.3 is 5.32 Å².